The Bertz CT molecular complexity index is 474. The van der Waals surface area contributed by atoms with Crippen LogP contribution in [0.2, 0.25) is 0 Å². The third-order valence-corrected chi connectivity index (χ3v) is 2.50. The molecule has 17 heavy (non-hydrogen) atoms. The van der Waals surface area contributed by atoms with Gasteiger partial charge < -0.3 is 14.6 Å². The highest BCUT2D eigenvalue weighted by molar-refractivity contribution is 5.96. The highest BCUT2D eigenvalue weighted by atomic mass is 16.4. The molecule has 1 fully saturated rings. The lowest BCUT2D eigenvalue weighted by molar-refractivity contribution is -0.121. The molecule has 6 nitrogen and oxygen atoms in total. The molecule has 6 heteroatoms. The van der Waals surface area contributed by atoms with Crippen LogP contribution in [0.3, 0.4) is 0 Å². The maximum absolute atomic E-state index is 12.0. The van der Waals surface area contributed by atoms with Gasteiger partial charge >= 0.3 is 5.63 Å². The van der Waals surface area contributed by atoms with Crippen molar-refractivity contribution < 1.29 is 14.0 Å². The number of amides is 2. The van der Waals surface area contributed by atoms with E-state index in [2.05, 4.69) is 9.73 Å². The van der Waals surface area contributed by atoms with Gasteiger partial charge in [0.2, 0.25) is 5.91 Å². The van der Waals surface area contributed by atoms with Crippen LogP contribution in [0.5, 0.6) is 0 Å². The van der Waals surface area contributed by atoms with Gasteiger partial charge in [-0.3, -0.25) is 9.59 Å². The van der Waals surface area contributed by atoms with Crippen molar-refractivity contribution in [3.8, 4) is 0 Å². The second-order valence-electron chi connectivity index (χ2n) is 3.77. The van der Waals surface area contributed by atoms with Gasteiger partial charge in [-0.05, 0) is 12.5 Å². The standard InChI is InChI=1S/C11H12N2O4/c14-9-6-13(5-1-4-12-9)11(16)8-2-3-10(15)17-7-8/h2-3,7H,1,4-6H2,(H,12,14). The van der Waals surface area contributed by atoms with Crippen molar-refractivity contribution in [1.29, 1.82) is 0 Å². The van der Waals surface area contributed by atoms with Gasteiger partial charge in [0, 0.05) is 19.2 Å². The molecule has 2 rings (SSSR count). The quantitative estimate of drug-likeness (QED) is 0.719. The third kappa shape index (κ3) is 2.72. The molecule has 0 bridgehead atoms. The Hall–Kier alpha value is -2.11. The second-order valence-corrected chi connectivity index (χ2v) is 3.77. The van der Waals surface area contributed by atoms with Crippen molar-refractivity contribution in [2.24, 2.45) is 0 Å². The van der Waals surface area contributed by atoms with Crippen LogP contribution in [-0.2, 0) is 4.79 Å². The van der Waals surface area contributed by atoms with Crippen molar-refractivity contribution in [1.82, 2.24) is 10.2 Å². The van der Waals surface area contributed by atoms with Gasteiger partial charge in [-0.15, -0.1) is 0 Å². The molecule has 1 saturated heterocycles. The number of hydrogen-bond donors (Lipinski definition) is 1. The number of carbonyl (C=O) groups is 2. The van der Waals surface area contributed by atoms with E-state index in [1.807, 2.05) is 0 Å². The Morgan fingerprint density at radius 3 is 2.88 bits per heavy atom. The topological polar surface area (TPSA) is 79.6 Å². The molecule has 0 atom stereocenters. The predicted molar refractivity (Wildman–Crippen MR) is 58.5 cm³/mol. The average molecular weight is 236 g/mol. The molecule has 0 radical (unpaired) electrons. The summed E-state index contributed by atoms with van der Waals surface area (Å²) >= 11 is 0. The Labute approximate surface area is 97.2 Å². The van der Waals surface area contributed by atoms with E-state index in [-0.39, 0.29) is 23.9 Å². The minimum atomic E-state index is -0.504. The van der Waals surface area contributed by atoms with Gasteiger partial charge in [0.25, 0.3) is 5.91 Å². The smallest absolute Gasteiger partial charge is 0.335 e. The minimum Gasteiger partial charge on any atom is -0.430 e. The van der Waals surface area contributed by atoms with Crippen molar-refractivity contribution >= 4 is 11.8 Å². The summed E-state index contributed by atoms with van der Waals surface area (Å²) < 4.78 is 4.62. The highest BCUT2D eigenvalue weighted by Crippen LogP contribution is 2.05. The Balaban J connectivity index is 2.15. The number of hydrogen-bond acceptors (Lipinski definition) is 4. The van der Waals surface area contributed by atoms with Crippen LogP contribution in [0.15, 0.2) is 27.6 Å². The van der Waals surface area contributed by atoms with E-state index in [0.717, 1.165) is 6.26 Å². The van der Waals surface area contributed by atoms with Crippen LogP contribution in [0.1, 0.15) is 16.8 Å². The molecule has 1 N–H and O–H groups in total. The maximum atomic E-state index is 12.0. The molecule has 90 valence electrons. The Morgan fingerprint density at radius 2 is 2.18 bits per heavy atom. The molecule has 0 spiro atoms. The Morgan fingerprint density at radius 1 is 1.35 bits per heavy atom. The van der Waals surface area contributed by atoms with E-state index >= 15 is 0 Å². The van der Waals surface area contributed by atoms with Gasteiger partial charge in [-0.2, -0.15) is 0 Å². The second kappa shape index (κ2) is 4.82. The summed E-state index contributed by atoms with van der Waals surface area (Å²) in [5, 5.41) is 2.68. The third-order valence-electron chi connectivity index (χ3n) is 2.50. The number of carbonyl (C=O) groups excluding carboxylic acids is 2. The van der Waals surface area contributed by atoms with Crippen LogP contribution >= 0.6 is 0 Å². The molecule has 2 heterocycles. The van der Waals surface area contributed by atoms with Crippen molar-refractivity contribution in [3.05, 3.63) is 34.4 Å². The van der Waals surface area contributed by atoms with Crippen LogP contribution in [0, 0.1) is 0 Å². The first-order valence-electron chi connectivity index (χ1n) is 5.31. The fourth-order valence-corrected chi connectivity index (χ4v) is 1.64. The summed E-state index contributed by atoms with van der Waals surface area (Å²) in [6.45, 7) is 1.13. The molecule has 2 amide bonds. The first kappa shape index (κ1) is 11.4. The Kier molecular flexibility index (Phi) is 3.22. The van der Waals surface area contributed by atoms with Gasteiger partial charge in [-0.25, -0.2) is 4.79 Å². The van der Waals surface area contributed by atoms with Gasteiger partial charge in [0.1, 0.15) is 6.26 Å². The largest absolute Gasteiger partial charge is 0.430 e. The zero-order chi connectivity index (χ0) is 12.3. The van der Waals surface area contributed by atoms with E-state index < -0.39 is 5.63 Å². The first-order chi connectivity index (χ1) is 8.16. The van der Waals surface area contributed by atoms with E-state index in [9.17, 15) is 14.4 Å². The summed E-state index contributed by atoms with van der Waals surface area (Å²) in [7, 11) is 0. The van der Waals surface area contributed by atoms with Crippen LogP contribution in [0.25, 0.3) is 0 Å². The van der Waals surface area contributed by atoms with Crippen LogP contribution in [0.4, 0.5) is 0 Å². The summed E-state index contributed by atoms with van der Waals surface area (Å²) in [4.78, 5) is 35.5. The van der Waals surface area contributed by atoms with Crippen LogP contribution in [-0.4, -0.2) is 36.3 Å². The molecule has 0 unspecified atom stereocenters. The SMILES string of the molecule is O=C1CN(C(=O)c2ccc(=O)oc2)CCCN1. The van der Waals surface area contributed by atoms with Crippen molar-refractivity contribution in [2.45, 2.75) is 6.42 Å². The maximum Gasteiger partial charge on any atom is 0.335 e. The highest BCUT2D eigenvalue weighted by Gasteiger charge is 2.21. The zero-order valence-corrected chi connectivity index (χ0v) is 9.14. The molecular weight excluding hydrogens is 224 g/mol. The fourth-order valence-electron chi connectivity index (χ4n) is 1.64. The van der Waals surface area contributed by atoms with Gasteiger partial charge in [0.15, 0.2) is 0 Å². The van der Waals surface area contributed by atoms with Gasteiger partial charge in [0.05, 0.1) is 12.1 Å². The molecule has 0 aromatic carbocycles. The molecule has 1 aromatic heterocycles. The normalized spacial score (nSPS) is 16.2. The van der Waals surface area contributed by atoms with Crippen molar-refractivity contribution in [2.75, 3.05) is 19.6 Å². The minimum absolute atomic E-state index is 0.0396. The average Bonchev–Trinajstić information content (AvgIpc) is 2.54. The van der Waals surface area contributed by atoms with E-state index in [0.29, 0.717) is 19.5 Å². The predicted octanol–water partition coefficient (Wildman–Crippen LogP) is -0.398. The summed E-state index contributed by atoms with van der Waals surface area (Å²) in [5.74, 6) is -0.473. The lowest BCUT2D eigenvalue weighted by Crippen LogP contribution is -2.37. The molecule has 0 saturated carbocycles. The van der Waals surface area contributed by atoms with Crippen molar-refractivity contribution in [3.63, 3.8) is 0 Å². The molecule has 1 aliphatic heterocycles. The molecule has 0 aliphatic carbocycles. The van der Waals surface area contributed by atoms with Gasteiger partial charge in [-0.1, -0.05) is 0 Å². The summed E-state index contributed by atoms with van der Waals surface area (Å²) in [6.07, 6.45) is 1.84. The van der Waals surface area contributed by atoms with E-state index in [1.165, 1.54) is 17.0 Å². The number of nitrogens with one attached hydrogen (secondary N) is 1. The molecular formula is C11H12N2O4. The lowest BCUT2D eigenvalue weighted by atomic mass is 10.2. The lowest BCUT2D eigenvalue weighted by Gasteiger charge is -2.18. The summed E-state index contributed by atoms with van der Waals surface area (Å²) in [6, 6.07) is 2.59. The number of rotatable bonds is 1. The van der Waals surface area contributed by atoms with Crippen LogP contribution < -0.4 is 10.9 Å². The molecule has 1 aliphatic rings. The molecule has 1 aromatic rings. The fraction of sp³-hybridized carbons (Fsp3) is 0.364. The first-order valence-corrected chi connectivity index (χ1v) is 5.31. The van der Waals surface area contributed by atoms with E-state index in [4.69, 9.17) is 0 Å². The monoisotopic (exact) mass is 236 g/mol. The number of nitrogens with zero attached hydrogens (tertiary/aromatic N) is 1. The summed E-state index contributed by atoms with van der Waals surface area (Å²) in [5.41, 5.74) is -0.227. The van der Waals surface area contributed by atoms with E-state index in [1.54, 1.807) is 0 Å². The zero-order valence-electron chi connectivity index (χ0n) is 9.14.